The van der Waals surface area contributed by atoms with Gasteiger partial charge in [0.15, 0.2) is 0 Å². The molecule has 1 aromatic rings. The molecule has 2 rings (SSSR count). The number of hydrogen-bond donors (Lipinski definition) is 2. The summed E-state index contributed by atoms with van der Waals surface area (Å²) in [7, 11) is 0. The van der Waals surface area contributed by atoms with Crippen LogP contribution in [0.2, 0.25) is 0 Å². The monoisotopic (exact) mass is 339 g/mol. The summed E-state index contributed by atoms with van der Waals surface area (Å²) in [5.74, 6) is -2.13. The molecule has 0 bridgehead atoms. The lowest BCUT2D eigenvalue weighted by molar-refractivity contribution is -0.140. The SMILES string of the molecule is CC(NC(=O)[C@H]1[C@@H](C(=O)O)C1(C)C)c1ccccc1Br. The van der Waals surface area contributed by atoms with Crippen molar-refractivity contribution in [2.75, 3.05) is 0 Å². The van der Waals surface area contributed by atoms with Crippen molar-refractivity contribution >= 4 is 27.8 Å². The van der Waals surface area contributed by atoms with Crippen molar-refractivity contribution in [2.24, 2.45) is 17.3 Å². The standard InChI is InChI=1S/C15H18BrNO3/c1-8(9-6-4-5-7-10(9)16)17-13(18)11-12(14(19)20)15(11,2)3/h4-8,11-12H,1-3H3,(H,17,18)(H,19,20)/t8?,11-,12+/m1/s1. The molecule has 108 valence electrons. The zero-order chi connectivity index (χ0) is 15.1. The van der Waals surface area contributed by atoms with Gasteiger partial charge < -0.3 is 10.4 Å². The van der Waals surface area contributed by atoms with E-state index in [1.807, 2.05) is 45.0 Å². The Bertz CT molecular complexity index is 556. The second kappa shape index (κ2) is 5.20. The molecule has 20 heavy (non-hydrogen) atoms. The summed E-state index contributed by atoms with van der Waals surface area (Å²) >= 11 is 3.45. The van der Waals surface area contributed by atoms with Crippen LogP contribution < -0.4 is 5.32 Å². The fraction of sp³-hybridized carbons (Fsp3) is 0.467. The van der Waals surface area contributed by atoms with Crippen LogP contribution in [0.5, 0.6) is 0 Å². The van der Waals surface area contributed by atoms with Crippen LogP contribution in [0, 0.1) is 17.3 Å². The number of carbonyl (C=O) groups excluding carboxylic acids is 1. The van der Waals surface area contributed by atoms with Crippen molar-refractivity contribution in [3.05, 3.63) is 34.3 Å². The van der Waals surface area contributed by atoms with Gasteiger partial charge >= 0.3 is 5.97 Å². The van der Waals surface area contributed by atoms with Gasteiger partial charge in [-0.3, -0.25) is 9.59 Å². The van der Waals surface area contributed by atoms with Crippen LogP contribution in [-0.2, 0) is 9.59 Å². The maximum atomic E-state index is 12.2. The lowest BCUT2D eigenvalue weighted by Crippen LogP contribution is -2.30. The molecule has 1 aliphatic carbocycles. The minimum Gasteiger partial charge on any atom is -0.481 e. The highest BCUT2D eigenvalue weighted by Crippen LogP contribution is 2.58. The Balaban J connectivity index is 2.07. The number of amides is 1. The number of carbonyl (C=O) groups is 2. The Kier molecular flexibility index (Phi) is 3.91. The van der Waals surface area contributed by atoms with Crippen LogP contribution in [0.15, 0.2) is 28.7 Å². The van der Waals surface area contributed by atoms with Crippen LogP contribution in [0.1, 0.15) is 32.4 Å². The quantitative estimate of drug-likeness (QED) is 0.886. The van der Waals surface area contributed by atoms with Crippen molar-refractivity contribution in [3.63, 3.8) is 0 Å². The molecular weight excluding hydrogens is 322 g/mol. The van der Waals surface area contributed by atoms with E-state index in [0.717, 1.165) is 10.0 Å². The number of nitrogens with one attached hydrogen (secondary N) is 1. The van der Waals surface area contributed by atoms with Gasteiger partial charge in [-0.25, -0.2) is 0 Å². The van der Waals surface area contributed by atoms with Crippen LogP contribution in [0.3, 0.4) is 0 Å². The molecule has 1 fully saturated rings. The largest absolute Gasteiger partial charge is 0.481 e. The summed E-state index contributed by atoms with van der Waals surface area (Å²) in [6, 6.07) is 7.50. The van der Waals surface area contributed by atoms with E-state index in [9.17, 15) is 9.59 Å². The normalized spacial score (nSPS) is 24.8. The summed E-state index contributed by atoms with van der Waals surface area (Å²) < 4.78 is 0.928. The van der Waals surface area contributed by atoms with Crippen LogP contribution in [0.25, 0.3) is 0 Å². The lowest BCUT2D eigenvalue weighted by Gasteiger charge is -2.16. The molecule has 0 aromatic heterocycles. The molecular formula is C15H18BrNO3. The summed E-state index contributed by atoms with van der Waals surface area (Å²) in [6.45, 7) is 5.53. The number of hydrogen-bond acceptors (Lipinski definition) is 2. The van der Waals surface area contributed by atoms with Gasteiger partial charge in [-0.15, -0.1) is 0 Å². The summed E-state index contributed by atoms with van der Waals surface area (Å²) in [4.78, 5) is 23.4. The third-order valence-corrected chi connectivity index (χ3v) is 4.83. The molecule has 1 unspecified atom stereocenters. The molecule has 0 aliphatic heterocycles. The summed E-state index contributed by atoms with van der Waals surface area (Å²) in [6.07, 6.45) is 0. The van der Waals surface area contributed by atoms with E-state index < -0.39 is 23.2 Å². The first-order valence-electron chi connectivity index (χ1n) is 6.54. The highest BCUT2D eigenvalue weighted by molar-refractivity contribution is 9.10. The molecule has 0 radical (unpaired) electrons. The first kappa shape index (κ1) is 15.0. The Morgan fingerprint density at radius 2 is 1.90 bits per heavy atom. The fourth-order valence-electron chi connectivity index (χ4n) is 2.80. The topological polar surface area (TPSA) is 66.4 Å². The Labute approximate surface area is 126 Å². The van der Waals surface area contributed by atoms with Crippen LogP contribution >= 0.6 is 15.9 Å². The first-order valence-corrected chi connectivity index (χ1v) is 7.33. The predicted molar refractivity (Wildman–Crippen MR) is 79.1 cm³/mol. The van der Waals surface area contributed by atoms with Gasteiger partial charge in [0.05, 0.1) is 17.9 Å². The second-order valence-corrected chi connectivity index (χ2v) is 6.72. The number of carboxylic acid groups (broad SMARTS) is 1. The van der Waals surface area contributed by atoms with Gasteiger partial charge in [0.1, 0.15) is 0 Å². The highest BCUT2D eigenvalue weighted by atomic mass is 79.9. The molecule has 1 aromatic carbocycles. The van der Waals surface area contributed by atoms with Gasteiger partial charge in [0.2, 0.25) is 5.91 Å². The van der Waals surface area contributed by atoms with E-state index in [1.54, 1.807) is 0 Å². The van der Waals surface area contributed by atoms with E-state index in [0.29, 0.717) is 0 Å². The molecule has 3 atom stereocenters. The Hall–Kier alpha value is -1.36. The molecule has 5 heteroatoms. The van der Waals surface area contributed by atoms with E-state index in [2.05, 4.69) is 21.2 Å². The zero-order valence-electron chi connectivity index (χ0n) is 11.7. The molecule has 1 aliphatic rings. The number of halogens is 1. The first-order chi connectivity index (χ1) is 9.26. The maximum absolute atomic E-state index is 12.2. The van der Waals surface area contributed by atoms with E-state index >= 15 is 0 Å². The summed E-state index contributed by atoms with van der Waals surface area (Å²) in [5, 5.41) is 12.0. The van der Waals surface area contributed by atoms with Crippen LogP contribution in [-0.4, -0.2) is 17.0 Å². The number of rotatable bonds is 4. The average Bonchev–Trinajstić information content (AvgIpc) is 2.93. The van der Waals surface area contributed by atoms with Crippen molar-refractivity contribution < 1.29 is 14.7 Å². The Morgan fingerprint density at radius 1 is 1.30 bits per heavy atom. The lowest BCUT2D eigenvalue weighted by atomic mass is 10.1. The average molecular weight is 340 g/mol. The van der Waals surface area contributed by atoms with Crippen LogP contribution in [0.4, 0.5) is 0 Å². The van der Waals surface area contributed by atoms with E-state index in [1.165, 1.54) is 0 Å². The maximum Gasteiger partial charge on any atom is 0.307 e. The molecule has 0 spiro atoms. The third-order valence-electron chi connectivity index (χ3n) is 4.11. The van der Waals surface area contributed by atoms with Crippen molar-refractivity contribution in [2.45, 2.75) is 26.8 Å². The summed E-state index contributed by atoms with van der Waals surface area (Å²) in [5.41, 5.74) is 0.509. The predicted octanol–water partition coefficient (Wildman–Crippen LogP) is 2.98. The van der Waals surface area contributed by atoms with Crippen molar-refractivity contribution in [1.82, 2.24) is 5.32 Å². The molecule has 1 saturated carbocycles. The number of aliphatic carboxylic acids is 1. The molecule has 0 heterocycles. The van der Waals surface area contributed by atoms with Gasteiger partial charge in [0, 0.05) is 4.47 Å². The van der Waals surface area contributed by atoms with E-state index in [-0.39, 0.29) is 11.9 Å². The molecule has 2 N–H and O–H groups in total. The molecule has 1 amide bonds. The molecule has 4 nitrogen and oxygen atoms in total. The smallest absolute Gasteiger partial charge is 0.307 e. The van der Waals surface area contributed by atoms with Gasteiger partial charge in [0.25, 0.3) is 0 Å². The number of carboxylic acids is 1. The van der Waals surface area contributed by atoms with E-state index in [4.69, 9.17) is 5.11 Å². The molecule has 0 saturated heterocycles. The number of benzene rings is 1. The van der Waals surface area contributed by atoms with Gasteiger partial charge in [-0.05, 0) is 24.0 Å². The van der Waals surface area contributed by atoms with Gasteiger partial charge in [-0.2, -0.15) is 0 Å². The zero-order valence-corrected chi connectivity index (χ0v) is 13.3. The minimum absolute atomic E-state index is 0.163. The van der Waals surface area contributed by atoms with Crippen molar-refractivity contribution in [3.8, 4) is 0 Å². The minimum atomic E-state index is -0.899. The Morgan fingerprint density at radius 3 is 2.40 bits per heavy atom. The second-order valence-electron chi connectivity index (χ2n) is 5.87. The van der Waals surface area contributed by atoms with Crippen molar-refractivity contribution in [1.29, 1.82) is 0 Å². The van der Waals surface area contributed by atoms with Gasteiger partial charge in [-0.1, -0.05) is 48.0 Å². The third kappa shape index (κ3) is 2.59. The fourth-order valence-corrected chi connectivity index (χ4v) is 3.42. The highest BCUT2D eigenvalue weighted by Gasteiger charge is 2.65.